The van der Waals surface area contributed by atoms with Gasteiger partial charge in [0.05, 0.1) is 18.7 Å². The van der Waals surface area contributed by atoms with Gasteiger partial charge in [0.15, 0.2) is 0 Å². The largest absolute Gasteiger partial charge is 0.495 e. The summed E-state index contributed by atoms with van der Waals surface area (Å²) in [4.78, 5) is 26.9. The summed E-state index contributed by atoms with van der Waals surface area (Å²) in [7, 11) is 1.58. The second-order valence-electron chi connectivity index (χ2n) is 6.84. The number of methoxy groups -OCH3 is 1. The summed E-state index contributed by atoms with van der Waals surface area (Å²) in [6.07, 6.45) is 0.202. The third-order valence-electron chi connectivity index (χ3n) is 4.80. The van der Waals surface area contributed by atoms with Gasteiger partial charge in [0.25, 0.3) is 0 Å². The molecule has 0 radical (unpaired) electrons. The molecule has 1 N–H and O–H groups in total. The second-order valence-corrected chi connectivity index (χ2v) is 6.84. The molecular formula is C21H24N2O3. The number of anilines is 2. The van der Waals surface area contributed by atoms with Gasteiger partial charge in [-0.1, -0.05) is 29.8 Å². The van der Waals surface area contributed by atoms with Gasteiger partial charge in [-0.3, -0.25) is 9.59 Å². The van der Waals surface area contributed by atoms with Crippen molar-refractivity contribution in [2.24, 2.45) is 5.92 Å². The molecule has 1 fully saturated rings. The topological polar surface area (TPSA) is 58.6 Å². The van der Waals surface area contributed by atoms with Gasteiger partial charge in [-0.05, 0) is 44.0 Å². The number of aryl methyl sites for hydroxylation is 3. The minimum atomic E-state index is -0.382. The van der Waals surface area contributed by atoms with Crippen LogP contribution in [0, 0.1) is 26.7 Å². The highest BCUT2D eigenvalue weighted by Gasteiger charge is 2.36. The lowest BCUT2D eigenvalue weighted by Gasteiger charge is -2.20. The third kappa shape index (κ3) is 3.43. The van der Waals surface area contributed by atoms with Crippen LogP contribution in [0.4, 0.5) is 11.4 Å². The van der Waals surface area contributed by atoms with E-state index in [0.717, 1.165) is 22.4 Å². The van der Waals surface area contributed by atoms with Crippen molar-refractivity contribution in [3.8, 4) is 5.75 Å². The molecule has 0 saturated carbocycles. The molecule has 0 unspecified atom stereocenters. The highest BCUT2D eigenvalue weighted by molar-refractivity contribution is 6.04. The van der Waals surface area contributed by atoms with Crippen LogP contribution in [-0.4, -0.2) is 25.5 Å². The number of para-hydroxylation sites is 2. The molecule has 1 aliphatic heterocycles. The van der Waals surface area contributed by atoms with E-state index >= 15 is 0 Å². The molecule has 0 bridgehead atoms. The van der Waals surface area contributed by atoms with Crippen LogP contribution in [0.3, 0.4) is 0 Å². The van der Waals surface area contributed by atoms with Crippen LogP contribution in [0.25, 0.3) is 0 Å². The fraction of sp³-hybridized carbons (Fsp3) is 0.333. The van der Waals surface area contributed by atoms with Gasteiger partial charge in [-0.25, -0.2) is 0 Å². The van der Waals surface area contributed by atoms with E-state index < -0.39 is 0 Å². The van der Waals surface area contributed by atoms with Crippen molar-refractivity contribution in [1.29, 1.82) is 0 Å². The minimum Gasteiger partial charge on any atom is -0.495 e. The normalized spacial score (nSPS) is 16.7. The minimum absolute atomic E-state index is 0.0630. The zero-order chi connectivity index (χ0) is 18.8. The average Bonchev–Trinajstić information content (AvgIpc) is 2.99. The predicted molar refractivity (Wildman–Crippen MR) is 103 cm³/mol. The molecule has 2 amide bonds. The number of nitrogens with one attached hydrogen (secondary N) is 1. The standard InChI is InChI=1S/C21H24N2O3/c1-13-9-14(2)20(15(3)10-13)22-21(25)16-11-19(24)23(12-16)17-7-5-6-8-18(17)26-4/h5-10,16H,11-12H2,1-4H3,(H,22,25)/t16-/m0/s1. The van der Waals surface area contributed by atoms with Crippen LogP contribution in [0.1, 0.15) is 23.1 Å². The Kier molecular flexibility index (Phi) is 4.98. The maximum absolute atomic E-state index is 12.8. The third-order valence-corrected chi connectivity index (χ3v) is 4.80. The second kappa shape index (κ2) is 7.20. The van der Waals surface area contributed by atoms with Gasteiger partial charge in [0, 0.05) is 18.7 Å². The van der Waals surface area contributed by atoms with Crippen molar-refractivity contribution in [2.45, 2.75) is 27.2 Å². The van der Waals surface area contributed by atoms with Gasteiger partial charge >= 0.3 is 0 Å². The molecule has 2 aromatic carbocycles. The van der Waals surface area contributed by atoms with E-state index in [0.29, 0.717) is 18.0 Å². The van der Waals surface area contributed by atoms with Crippen molar-refractivity contribution in [3.05, 3.63) is 53.1 Å². The first-order valence-corrected chi connectivity index (χ1v) is 8.72. The number of rotatable bonds is 4. The van der Waals surface area contributed by atoms with Gasteiger partial charge < -0.3 is 15.0 Å². The molecule has 5 nitrogen and oxygen atoms in total. The molecule has 3 rings (SSSR count). The van der Waals surface area contributed by atoms with E-state index in [1.54, 1.807) is 12.0 Å². The van der Waals surface area contributed by atoms with Crippen molar-refractivity contribution in [1.82, 2.24) is 0 Å². The number of amides is 2. The molecule has 1 heterocycles. The first kappa shape index (κ1) is 18.0. The summed E-state index contributed by atoms with van der Waals surface area (Å²) in [6.45, 7) is 6.36. The summed E-state index contributed by atoms with van der Waals surface area (Å²) in [6, 6.07) is 11.5. The zero-order valence-electron chi connectivity index (χ0n) is 15.6. The average molecular weight is 352 g/mol. The smallest absolute Gasteiger partial charge is 0.229 e. The highest BCUT2D eigenvalue weighted by Crippen LogP contribution is 2.33. The van der Waals surface area contributed by atoms with E-state index in [1.807, 2.05) is 57.2 Å². The van der Waals surface area contributed by atoms with Crippen LogP contribution >= 0.6 is 0 Å². The van der Waals surface area contributed by atoms with Crippen LogP contribution in [0.2, 0.25) is 0 Å². The molecule has 136 valence electrons. The van der Waals surface area contributed by atoms with E-state index in [2.05, 4.69) is 5.32 Å². The summed E-state index contributed by atoms with van der Waals surface area (Å²) in [5, 5.41) is 3.02. The Morgan fingerprint density at radius 3 is 2.46 bits per heavy atom. The lowest BCUT2D eigenvalue weighted by atomic mass is 10.0. The fourth-order valence-corrected chi connectivity index (χ4v) is 3.57. The van der Waals surface area contributed by atoms with Crippen molar-refractivity contribution < 1.29 is 14.3 Å². The Balaban J connectivity index is 1.78. The van der Waals surface area contributed by atoms with Gasteiger partial charge in [0.2, 0.25) is 11.8 Å². The molecule has 26 heavy (non-hydrogen) atoms. The van der Waals surface area contributed by atoms with Crippen LogP contribution in [-0.2, 0) is 9.59 Å². The van der Waals surface area contributed by atoms with Crippen molar-refractivity contribution in [3.63, 3.8) is 0 Å². The van der Waals surface area contributed by atoms with Crippen LogP contribution < -0.4 is 15.0 Å². The summed E-state index contributed by atoms with van der Waals surface area (Å²) < 4.78 is 5.35. The summed E-state index contributed by atoms with van der Waals surface area (Å²) in [5.41, 5.74) is 4.77. The van der Waals surface area contributed by atoms with E-state index in [9.17, 15) is 9.59 Å². The van der Waals surface area contributed by atoms with Gasteiger partial charge in [-0.15, -0.1) is 0 Å². The lowest BCUT2D eigenvalue weighted by Crippen LogP contribution is -2.28. The number of hydrogen-bond donors (Lipinski definition) is 1. The number of carbonyl (C=O) groups is 2. The molecule has 5 heteroatoms. The molecular weight excluding hydrogens is 328 g/mol. The number of carbonyl (C=O) groups excluding carboxylic acids is 2. The molecule has 1 aliphatic rings. The van der Waals surface area contributed by atoms with Crippen LogP contribution in [0.5, 0.6) is 5.75 Å². The van der Waals surface area contributed by atoms with Crippen molar-refractivity contribution in [2.75, 3.05) is 23.9 Å². The molecule has 1 saturated heterocycles. The maximum atomic E-state index is 12.8. The van der Waals surface area contributed by atoms with Crippen molar-refractivity contribution >= 4 is 23.2 Å². The molecule has 2 aromatic rings. The Labute approximate surface area is 154 Å². The molecule has 1 atom stereocenters. The molecule has 0 spiro atoms. The first-order chi connectivity index (χ1) is 12.4. The number of hydrogen-bond acceptors (Lipinski definition) is 3. The Hall–Kier alpha value is -2.82. The quantitative estimate of drug-likeness (QED) is 0.914. The van der Waals surface area contributed by atoms with Gasteiger partial charge in [-0.2, -0.15) is 0 Å². The van der Waals surface area contributed by atoms with Crippen LogP contribution in [0.15, 0.2) is 36.4 Å². The summed E-state index contributed by atoms with van der Waals surface area (Å²) in [5.74, 6) is 0.0671. The number of nitrogens with zero attached hydrogens (tertiary/aromatic N) is 1. The van der Waals surface area contributed by atoms with Gasteiger partial charge in [0.1, 0.15) is 5.75 Å². The maximum Gasteiger partial charge on any atom is 0.229 e. The number of benzene rings is 2. The van der Waals surface area contributed by atoms with E-state index in [-0.39, 0.29) is 24.2 Å². The molecule has 0 aliphatic carbocycles. The highest BCUT2D eigenvalue weighted by atomic mass is 16.5. The van der Waals surface area contributed by atoms with E-state index in [1.165, 1.54) is 0 Å². The summed E-state index contributed by atoms with van der Waals surface area (Å²) >= 11 is 0. The predicted octanol–water partition coefficient (Wildman–Crippen LogP) is 3.61. The lowest BCUT2D eigenvalue weighted by molar-refractivity contribution is -0.122. The number of ether oxygens (including phenoxy) is 1. The Bertz CT molecular complexity index is 837. The van der Waals surface area contributed by atoms with E-state index in [4.69, 9.17) is 4.74 Å². The first-order valence-electron chi connectivity index (χ1n) is 8.72. The Morgan fingerprint density at radius 2 is 1.81 bits per heavy atom. The monoisotopic (exact) mass is 352 g/mol. The SMILES string of the molecule is COc1ccccc1N1C[C@@H](C(=O)Nc2c(C)cc(C)cc2C)CC1=O. The Morgan fingerprint density at radius 1 is 1.15 bits per heavy atom. The molecule has 0 aromatic heterocycles. The fourth-order valence-electron chi connectivity index (χ4n) is 3.57. The zero-order valence-corrected chi connectivity index (χ0v) is 15.6.